The molecule has 3 fully saturated rings. The lowest BCUT2D eigenvalue weighted by Crippen LogP contribution is -2.49. The number of hydrogen-bond acceptors (Lipinski definition) is 3. The molecule has 3 heteroatoms. The van der Waals surface area contributed by atoms with E-state index in [-0.39, 0.29) is 11.4 Å². The van der Waals surface area contributed by atoms with E-state index in [1.165, 1.54) is 7.11 Å². The largest absolute Gasteiger partial charge is 0.469 e. The molecule has 0 aromatic carbocycles. The number of carbonyl (C=O) groups excluding carboxylic acids is 1. The second-order valence-corrected chi connectivity index (χ2v) is 4.98. The molecule has 0 radical (unpaired) electrons. The number of methoxy groups -OCH3 is 1. The van der Waals surface area contributed by atoms with Crippen LogP contribution in [0.5, 0.6) is 0 Å². The Morgan fingerprint density at radius 3 is 2.07 bits per heavy atom. The van der Waals surface area contributed by atoms with E-state index in [4.69, 9.17) is 10.5 Å². The normalized spacial score (nSPS) is 41.0. The lowest BCUT2D eigenvalue weighted by atomic mass is 9.54. The van der Waals surface area contributed by atoms with Crippen molar-refractivity contribution in [2.24, 2.45) is 16.6 Å². The predicted octanol–water partition coefficient (Wildman–Crippen LogP) is 1.46. The van der Waals surface area contributed by atoms with Gasteiger partial charge in [0.2, 0.25) is 0 Å². The smallest absolute Gasteiger partial charge is 0.311 e. The van der Waals surface area contributed by atoms with Crippen LogP contribution in [0.2, 0.25) is 0 Å². The van der Waals surface area contributed by atoms with Crippen LogP contribution in [0.1, 0.15) is 38.5 Å². The van der Waals surface area contributed by atoms with Crippen molar-refractivity contribution in [1.29, 1.82) is 0 Å². The molecule has 0 unspecified atom stereocenters. The van der Waals surface area contributed by atoms with Crippen molar-refractivity contribution in [3.8, 4) is 0 Å². The van der Waals surface area contributed by atoms with E-state index in [0.717, 1.165) is 45.1 Å². The number of ether oxygens (including phenoxy) is 1. The van der Waals surface area contributed by atoms with E-state index in [1.54, 1.807) is 0 Å². The van der Waals surface area contributed by atoms with Crippen molar-refractivity contribution < 1.29 is 9.53 Å². The second-order valence-electron chi connectivity index (χ2n) is 4.98. The lowest BCUT2D eigenvalue weighted by molar-refractivity contribution is -0.162. The molecule has 3 nitrogen and oxygen atoms in total. The van der Waals surface area contributed by atoms with Gasteiger partial charge in [0.15, 0.2) is 0 Å². The monoisotopic (exact) mass is 197 g/mol. The van der Waals surface area contributed by atoms with E-state index in [0.29, 0.717) is 5.41 Å². The summed E-state index contributed by atoms with van der Waals surface area (Å²) in [7, 11) is 1.50. The first-order valence-corrected chi connectivity index (χ1v) is 5.45. The van der Waals surface area contributed by atoms with Gasteiger partial charge in [0.05, 0.1) is 12.5 Å². The van der Waals surface area contributed by atoms with E-state index in [2.05, 4.69) is 0 Å². The molecular formula is C11H19NO2. The molecule has 0 aliphatic heterocycles. The molecule has 0 amide bonds. The third-order valence-electron chi connectivity index (χ3n) is 4.45. The van der Waals surface area contributed by atoms with Crippen LogP contribution >= 0.6 is 0 Å². The van der Waals surface area contributed by atoms with Crippen molar-refractivity contribution in [3.05, 3.63) is 0 Å². The zero-order chi connectivity index (χ0) is 10.2. The standard InChI is InChI=1S/C11H19NO2/c1-14-9(13)11-5-2-10(8-12,3-6-11)4-7-11/h2-8,12H2,1H3. The SMILES string of the molecule is COC(=O)C12CCC(CN)(CC1)CC2. The fourth-order valence-electron chi connectivity index (χ4n) is 3.09. The van der Waals surface area contributed by atoms with Crippen LogP contribution in [0.3, 0.4) is 0 Å². The third-order valence-corrected chi connectivity index (χ3v) is 4.45. The van der Waals surface area contributed by atoms with E-state index in [9.17, 15) is 4.79 Å². The van der Waals surface area contributed by atoms with E-state index < -0.39 is 0 Å². The average molecular weight is 197 g/mol. The highest BCUT2D eigenvalue weighted by atomic mass is 16.5. The molecule has 0 saturated heterocycles. The number of carbonyl (C=O) groups is 1. The minimum absolute atomic E-state index is 0.00261. The maximum absolute atomic E-state index is 11.7. The van der Waals surface area contributed by atoms with Gasteiger partial charge in [-0.2, -0.15) is 0 Å². The molecule has 3 saturated carbocycles. The molecule has 2 bridgehead atoms. The number of hydrogen-bond donors (Lipinski definition) is 1. The van der Waals surface area contributed by atoms with Gasteiger partial charge >= 0.3 is 5.97 Å². The Hall–Kier alpha value is -0.570. The summed E-state index contributed by atoms with van der Waals surface area (Å²) in [4.78, 5) is 11.7. The topological polar surface area (TPSA) is 52.3 Å². The van der Waals surface area contributed by atoms with Gasteiger partial charge in [-0.25, -0.2) is 0 Å². The molecule has 0 aromatic heterocycles. The summed E-state index contributed by atoms with van der Waals surface area (Å²) < 4.78 is 4.90. The summed E-state index contributed by atoms with van der Waals surface area (Å²) >= 11 is 0. The molecule has 0 spiro atoms. The highest BCUT2D eigenvalue weighted by Gasteiger charge is 2.52. The molecule has 3 aliphatic carbocycles. The minimum Gasteiger partial charge on any atom is -0.469 e. The second kappa shape index (κ2) is 3.23. The number of fused-ring (bicyclic) bond motifs is 3. The van der Waals surface area contributed by atoms with Crippen molar-refractivity contribution in [2.45, 2.75) is 38.5 Å². The average Bonchev–Trinajstić information content (AvgIpc) is 2.30. The van der Waals surface area contributed by atoms with Gasteiger partial charge in [-0.05, 0) is 50.5 Å². The molecule has 3 rings (SSSR count). The van der Waals surface area contributed by atoms with Gasteiger partial charge in [0.25, 0.3) is 0 Å². The number of nitrogens with two attached hydrogens (primary N) is 1. The van der Waals surface area contributed by atoms with Crippen LogP contribution in [0, 0.1) is 10.8 Å². The Kier molecular flexibility index (Phi) is 2.30. The quantitative estimate of drug-likeness (QED) is 0.682. The Bertz CT molecular complexity index is 225. The maximum Gasteiger partial charge on any atom is 0.311 e. The lowest BCUT2D eigenvalue weighted by Gasteiger charge is -2.51. The highest BCUT2D eigenvalue weighted by molar-refractivity contribution is 5.77. The van der Waals surface area contributed by atoms with E-state index in [1.807, 2.05) is 0 Å². The number of esters is 1. The molecule has 0 atom stereocenters. The molecule has 2 N–H and O–H groups in total. The number of rotatable bonds is 2. The molecule has 14 heavy (non-hydrogen) atoms. The summed E-state index contributed by atoms with van der Waals surface area (Å²) in [6, 6.07) is 0. The van der Waals surface area contributed by atoms with E-state index >= 15 is 0 Å². The first-order valence-electron chi connectivity index (χ1n) is 5.45. The molecule has 0 heterocycles. The van der Waals surface area contributed by atoms with Crippen molar-refractivity contribution in [3.63, 3.8) is 0 Å². The van der Waals surface area contributed by atoms with Crippen LogP contribution in [0.25, 0.3) is 0 Å². The molecule has 0 aromatic rings. The Balaban J connectivity index is 2.12. The van der Waals surface area contributed by atoms with Gasteiger partial charge in [-0.1, -0.05) is 0 Å². The van der Waals surface area contributed by atoms with Crippen molar-refractivity contribution >= 4 is 5.97 Å². The fourth-order valence-corrected chi connectivity index (χ4v) is 3.09. The molecular weight excluding hydrogens is 178 g/mol. The van der Waals surface area contributed by atoms with Gasteiger partial charge in [0, 0.05) is 0 Å². The Labute approximate surface area is 85.0 Å². The first-order chi connectivity index (χ1) is 6.66. The van der Waals surface area contributed by atoms with Crippen molar-refractivity contribution in [2.75, 3.05) is 13.7 Å². The van der Waals surface area contributed by atoms with Crippen LogP contribution < -0.4 is 5.73 Å². The minimum atomic E-state index is -0.147. The van der Waals surface area contributed by atoms with Crippen LogP contribution in [-0.4, -0.2) is 19.6 Å². The third kappa shape index (κ3) is 1.26. The Morgan fingerprint density at radius 1 is 1.21 bits per heavy atom. The van der Waals surface area contributed by atoms with Gasteiger partial charge in [-0.3, -0.25) is 4.79 Å². The van der Waals surface area contributed by atoms with Crippen LogP contribution in [0.4, 0.5) is 0 Å². The summed E-state index contributed by atoms with van der Waals surface area (Å²) in [6.07, 6.45) is 6.28. The Morgan fingerprint density at radius 2 is 1.71 bits per heavy atom. The zero-order valence-electron chi connectivity index (χ0n) is 8.84. The summed E-state index contributed by atoms with van der Waals surface area (Å²) in [5.41, 5.74) is 6.02. The summed E-state index contributed by atoms with van der Waals surface area (Å²) in [6.45, 7) is 0.782. The first kappa shape index (κ1) is 9.97. The zero-order valence-corrected chi connectivity index (χ0v) is 8.84. The predicted molar refractivity (Wildman–Crippen MR) is 53.6 cm³/mol. The summed E-state index contributed by atoms with van der Waals surface area (Å²) in [5.74, 6) is 0.00261. The molecule has 80 valence electrons. The molecule has 3 aliphatic rings. The van der Waals surface area contributed by atoms with Crippen molar-refractivity contribution in [1.82, 2.24) is 0 Å². The van der Waals surface area contributed by atoms with Crippen LogP contribution in [0.15, 0.2) is 0 Å². The van der Waals surface area contributed by atoms with Gasteiger partial charge in [-0.15, -0.1) is 0 Å². The van der Waals surface area contributed by atoms with Gasteiger partial charge in [0.1, 0.15) is 0 Å². The van der Waals surface area contributed by atoms with Crippen LogP contribution in [-0.2, 0) is 9.53 Å². The summed E-state index contributed by atoms with van der Waals surface area (Å²) in [5, 5.41) is 0. The maximum atomic E-state index is 11.7. The van der Waals surface area contributed by atoms with Gasteiger partial charge < -0.3 is 10.5 Å². The fraction of sp³-hybridized carbons (Fsp3) is 0.909. The highest BCUT2D eigenvalue weighted by Crippen LogP contribution is 2.56.